The van der Waals surface area contributed by atoms with Crippen molar-refractivity contribution in [3.8, 4) is 0 Å². The second-order valence-electron chi connectivity index (χ2n) is 6.47. The summed E-state index contributed by atoms with van der Waals surface area (Å²) in [6, 6.07) is 0. The monoisotopic (exact) mass is 348 g/mol. The van der Waals surface area contributed by atoms with Gasteiger partial charge in [0.05, 0.1) is 5.92 Å². The Bertz CT molecular complexity index is 642. The number of rotatable bonds is 3. The Morgan fingerprint density at radius 1 is 1.32 bits per heavy atom. The Kier molecular flexibility index (Phi) is 6.17. The van der Waals surface area contributed by atoms with Crippen LogP contribution in [-0.2, 0) is 28.6 Å². The molecule has 0 unspecified atom stereocenters. The van der Waals surface area contributed by atoms with Crippen molar-refractivity contribution >= 4 is 17.9 Å². The van der Waals surface area contributed by atoms with Crippen molar-refractivity contribution in [3.05, 3.63) is 35.5 Å². The molecular weight excluding hydrogens is 324 g/mol. The fourth-order valence-electron chi connectivity index (χ4n) is 3.16. The zero-order chi connectivity index (χ0) is 18.6. The Morgan fingerprint density at radius 2 is 2.04 bits per heavy atom. The lowest BCUT2D eigenvalue weighted by Crippen LogP contribution is -2.33. The number of hydrogen-bond acceptors (Lipinski definition) is 6. The molecule has 0 bridgehead atoms. The van der Waals surface area contributed by atoms with Crippen molar-refractivity contribution in [1.29, 1.82) is 0 Å². The molecule has 0 saturated carbocycles. The number of fused-ring (bicyclic) bond motifs is 1. The summed E-state index contributed by atoms with van der Waals surface area (Å²) in [5.74, 6) is -1.74. The third-order valence-electron chi connectivity index (χ3n) is 4.32. The molecule has 6 heteroatoms. The van der Waals surface area contributed by atoms with E-state index in [-0.39, 0.29) is 12.6 Å². The van der Waals surface area contributed by atoms with E-state index in [4.69, 9.17) is 14.2 Å². The highest BCUT2D eigenvalue weighted by Gasteiger charge is 2.44. The molecule has 0 amide bonds. The van der Waals surface area contributed by atoms with Crippen LogP contribution in [-0.4, -0.2) is 36.7 Å². The zero-order valence-electron chi connectivity index (χ0n) is 14.9. The standard InChI is InChI=1S/C19H24O6/c1-11-6-5-7-15(10-23-13(3)20)9-17(24-14(4)21)18-12(2)19(22)25-16(18)8-11/h7-8,16-18H,2,5-6,9-10H2,1,3-4H3/b11-8+,15-7-/t16-,17+,18+/m1/s1. The Morgan fingerprint density at radius 3 is 2.68 bits per heavy atom. The highest BCUT2D eigenvalue weighted by atomic mass is 16.6. The van der Waals surface area contributed by atoms with Crippen LogP contribution < -0.4 is 0 Å². The molecule has 0 radical (unpaired) electrons. The summed E-state index contributed by atoms with van der Waals surface area (Å²) in [5, 5.41) is 0. The summed E-state index contributed by atoms with van der Waals surface area (Å²) >= 11 is 0. The van der Waals surface area contributed by atoms with Gasteiger partial charge in [-0.1, -0.05) is 18.2 Å². The van der Waals surface area contributed by atoms with Crippen LogP contribution in [0.1, 0.15) is 40.0 Å². The molecule has 0 N–H and O–H groups in total. The minimum Gasteiger partial charge on any atom is -0.461 e. The van der Waals surface area contributed by atoms with E-state index in [9.17, 15) is 14.4 Å². The molecule has 136 valence electrons. The predicted molar refractivity (Wildman–Crippen MR) is 90.4 cm³/mol. The molecule has 2 rings (SSSR count). The molecular formula is C19H24O6. The molecule has 1 aliphatic carbocycles. The maximum absolute atomic E-state index is 12.0. The number of allylic oxidation sites excluding steroid dienone is 2. The van der Waals surface area contributed by atoms with E-state index in [0.717, 1.165) is 24.0 Å². The number of ether oxygens (including phenoxy) is 3. The van der Waals surface area contributed by atoms with Crippen LogP contribution >= 0.6 is 0 Å². The van der Waals surface area contributed by atoms with Crippen LogP contribution in [0.15, 0.2) is 35.5 Å². The molecule has 1 saturated heterocycles. The van der Waals surface area contributed by atoms with E-state index in [1.54, 1.807) is 0 Å². The van der Waals surface area contributed by atoms with E-state index < -0.39 is 30.1 Å². The Balaban J connectivity index is 2.35. The average molecular weight is 348 g/mol. The van der Waals surface area contributed by atoms with Gasteiger partial charge in [0.15, 0.2) is 0 Å². The van der Waals surface area contributed by atoms with E-state index in [2.05, 4.69) is 6.58 Å². The molecule has 0 aromatic rings. The molecule has 1 heterocycles. The Hall–Kier alpha value is -2.37. The second kappa shape index (κ2) is 8.14. The Labute approximate surface area is 147 Å². The second-order valence-corrected chi connectivity index (χ2v) is 6.47. The zero-order valence-corrected chi connectivity index (χ0v) is 14.9. The van der Waals surface area contributed by atoms with Gasteiger partial charge in [-0.15, -0.1) is 0 Å². The number of hydrogen-bond donors (Lipinski definition) is 0. The maximum atomic E-state index is 12.0. The topological polar surface area (TPSA) is 78.9 Å². The van der Waals surface area contributed by atoms with Crippen molar-refractivity contribution in [2.45, 2.75) is 52.2 Å². The van der Waals surface area contributed by atoms with Gasteiger partial charge in [-0.2, -0.15) is 0 Å². The largest absolute Gasteiger partial charge is 0.461 e. The van der Waals surface area contributed by atoms with E-state index >= 15 is 0 Å². The van der Waals surface area contributed by atoms with Crippen LogP contribution in [0.4, 0.5) is 0 Å². The highest BCUT2D eigenvalue weighted by molar-refractivity contribution is 5.91. The lowest BCUT2D eigenvalue weighted by Gasteiger charge is -2.27. The highest BCUT2D eigenvalue weighted by Crippen LogP contribution is 2.36. The summed E-state index contributed by atoms with van der Waals surface area (Å²) in [4.78, 5) is 34.7. The fraction of sp³-hybridized carbons (Fsp3) is 0.526. The van der Waals surface area contributed by atoms with Gasteiger partial charge in [0.1, 0.15) is 18.8 Å². The molecule has 0 aromatic heterocycles. The molecule has 6 nitrogen and oxygen atoms in total. The first-order valence-corrected chi connectivity index (χ1v) is 8.33. The summed E-state index contributed by atoms with van der Waals surface area (Å²) in [5.41, 5.74) is 2.22. The lowest BCUT2D eigenvalue weighted by atomic mass is 9.85. The van der Waals surface area contributed by atoms with Gasteiger partial charge in [-0.3, -0.25) is 9.59 Å². The molecule has 25 heavy (non-hydrogen) atoms. The van der Waals surface area contributed by atoms with Gasteiger partial charge in [-0.05, 0) is 31.4 Å². The molecule has 1 fully saturated rings. The maximum Gasteiger partial charge on any atom is 0.334 e. The molecule has 1 aliphatic heterocycles. The van der Waals surface area contributed by atoms with Gasteiger partial charge >= 0.3 is 17.9 Å². The van der Waals surface area contributed by atoms with Gasteiger partial charge < -0.3 is 14.2 Å². The van der Waals surface area contributed by atoms with Crippen molar-refractivity contribution in [3.63, 3.8) is 0 Å². The lowest BCUT2D eigenvalue weighted by molar-refractivity contribution is -0.149. The normalized spacial score (nSPS) is 30.9. The minimum absolute atomic E-state index is 0.133. The first-order chi connectivity index (χ1) is 11.8. The SMILES string of the molecule is C=C1C(=O)O[C@@H]2/C=C(\C)CC/C=C(\COC(C)=O)C[C@H](OC(C)=O)[C@@H]12. The van der Waals surface area contributed by atoms with Crippen molar-refractivity contribution < 1.29 is 28.6 Å². The van der Waals surface area contributed by atoms with Gasteiger partial charge in [-0.25, -0.2) is 4.79 Å². The van der Waals surface area contributed by atoms with Crippen LogP contribution in [0.2, 0.25) is 0 Å². The third-order valence-corrected chi connectivity index (χ3v) is 4.32. The number of esters is 3. The first kappa shape index (κ1) is 19.0. The summed E-state index contributed by atoms with van der Waals surface area (Å²) in [6.07, 6.45) is 4.71. The smallest absolute Gasteiger partial charge is 0.334 e. The molecule has 0 spiro atoms. The van der Waals surface area contributed by atoms with Crippen LogP contribution in [0.5, 0.6) is 0 Å². The van der Waals surface area contributed by atoms with Gasteiger partial charge in [0, 0.05) is 25.8 Å². The van der Waals surface area contributed by atoms with E-state index in [0.29, 0.717) is 12.0 Å². The quantitative estimate of drug-likeness (QED) is 0.338. The molecule has 3 atom stereocenters. The van der Waals surface area contributed by atoms with E-state index in [1.807, 2.05) is 19.1 Å². The summed E-state index contributed by atoms with van der Waals surface area (Å²) in [6.45, 7) is 8.60. The van der Waals surface area contributed by atoms with Crippen LogP contribution in [0.25, 0.3) is 0 Å². The summed E-state index contributed by atoms with van der Waals surface area (Å²) < 4.78 is 16.0. The van der Waals surface area contributed by atoms with E-state index in [1.165, 1.54) is 13.8 Å². The van der Waals surface area contributed by atoms with Crippen molar-refractivity contribution in [2.75, 3.05) is 6.61 Å². The number of carbonyl (C=O) groups is 3. The van der Waals surface area contributed by atoms with Gasteiger partial charge in [0.25, 0.3) is 0 Å². The summed E-state index contributed by atoms with van der Waals surface area (Å²) in [7, 11) is 0. The average Bonchev–Trinajstić information content (AvgIpc) is 2.77. The van der Waals surface area contributed by atoms with Crippen LogP contribution in [0, 0.1) is 5.92 Å². The van der Waals surface area contributed by atoms with Crippen LogP contribution in [0.3, 0.4) is 0 Å². The number of carbonyl (C=O) groups excluding carboxylic acids is 3. The minimum atomic E-state index is -0.606. The first-order valence-electron chi connectivity index (χ1n) is 8.33. The molecule has 0 aromatic carbocycles. The predicted octanol–water partition coefficient (Wildman–Crippen LogP) is 2.64. The van der Waals surface area contributed by atoms with Crippen molar-refractivity contribution in [2.24, 2.45) is 5.92 Å². The third kappa shape index (κ3) is 5.05. The fourth-order valence-corrected chi connectivity index (χ4v) is 3.16. The van der Waals surface area contributed by atoms with Crippen molar-refractivity contribution in [1.82, 2.24) is 0 Å². The van der Waals surface area contributed by atoms with Gasteiger partial charge in [0.2, 0.25) is 0 Å². The molecule has 2 aliphatic rings.